The molecular weight excluding hydrogens is 579 g/mol. The van der Waals surface area contributed by atoms with Crippen molar-refractivity contribution in [3.05, 3.63) is 81.8 Å². The summed E-state index contributed by atoms with van der Waals surface area (Å²) in [6.45, 7) is 3.80. The predicted molar refractivity (Wildman–Crippen MR) is 155 cm³/mol. The summed E-state index contributed by atoms with van der Waals surface area (Å²) in [5.74, 6) is 0.521. The molecule has 2 aromatic heterocycles. The van der Waals surface area contributed by atoms with Crippen molar-refractivity contribution in [3.8, 4) is 28.6 Å². The third-order valence-electron chi connectivity index (χ3n) is 8.02. The largest absolute Gasteiger partial charge is 0.416 e. The number of rotatable bonds is 5. The van der Waals surface area contributed by atoms with Gasteiger partial charge in [0, 0.05) is 31.3 Å². The number of carbonyl (C=O) groups is 1. The lowest BCUT2D eigenvalue weighted by atomic mass is 9.96. The molecule has 1 amide bonds. The summed E-state index contributed by atoms with van der Waals surface area (Å²) in [6.07, 6.45) is -1.02. The molecule has 6 rings (SSSR count). The number of aromatic nitrogens is 4. The lowest BCUT2D eigenvalue weighted by molar-refractivity contribution is -0.138. The van der Waals surface area contributed by atoms with E-state index >= 15 is 0 Å². The number of anilines is 1. The Bertz CT molecular complexity index is 1780. The molecule has 220 valence electrons. The van der Waals surface area contributed by atoms with Gasteiger partial charge in [-0.15, -0.1) is 10.2 Å². The fraction of sp³-hybridized carbons (Fsp3) is 0.323. The van der Waals surface area contributed by atoms with Crippen molar-refractivity contribution in [1.29, 1.82) is 5.26 Å². The van der Waals surface area contributed by atoms with Crippen LogP contribution >= 0.6 is 11.6 Å². The van der Waals surface area contributed by atoms with Crippen molar-refractivity contribution in [1.82, 2.24) is 24.6 Å². The SMILES string of the molecule is C[C@H]1CCCN(Cc2cc3c(c(C(F)(F)F)c2)CN(c2cc(-c4ccc(C#N)cc4-c4nncn4C)cc(Cl)n2)C3=O)C1. The molecule has 0 radical (unpaired) electrons. The van der Waals surface area contributed by atoms with Gasteiger partial charge in [0.1, 0.15) is 17.3 Å². The average molecular weight is 606 g/mol. The predicted octanol–water partition coefficient (Wildman–Crippen LogP) is 6.48. The second-order valence-electron chi connectivity index (χ2n) is 11.2. The van der Waals surface area contributed by atoms with Gasteiger partial charge >= 0.3 is 6.18 Å². The fourth-order valence-electron chi connectivity index (χ4n) is 6.04. The Morgan fingerprint density at radius 2 is 1.93 bits per heavy atom. The summed E-state index contributed by atoms with van der Waals surface area (Å²) in [5.41, 5.74) is 1.80. The van der Waals surface area contributed by atoms with Crippen LogP contribution in [-0.2, 0) is 26.3 Å². The van der Waals surface area contributed by atoms with Crippen molar-refractivity contribution in [2.45, 2.75) is 39.0 Å². The molecule has 4 aromatic rings. The zero-order valence-corrected chi connectivity index (χ0v) is 24.2. The molecule has 8 nitrogen and oxygen atoms in total. The van der Waals surface area contributed by atoms with Crippen LogP contribution in [0.2, 0.25) is 5.15 Å². The molecule has 2 aliphatic rings. The van der Waals surface area contributed by atoms with Crippen molar-refractivity contribution in [3.63, 3.8) is 0 Å². The normalized spacial score (nSPS) is 17.3. The van der Waals surface area contributed by atoms with Gasteiger partial charge < -0.3 is 4.57 Å². The number of aryl methyl sites for hydroxylation is 1. The highest BCUT2D eigenvalue weighted by atomic mass is 35.5. The number of hydrogen-bond acceptors (Lipinski definition) is 6. The van der Waals surface area contributed by atoms with Crippen LogP contribution in [0.5, 0.6) is 0 Å². The van der Waals surface area contributed by atoms with E-state index in [1.54, 1.807) is 48.0 Å². The van der Waals surface area contributed by atoms with Gasteiger partial charge in [0.15, 0.2) is 5.82 Å². The number of halogens is 4. The smallest absolute Gasteiger partial charge is 0.317 e. The lowest BCUT2D eigenvalue weighted by Crippen LogP contribution is -2.33. The van der Waals surface area contributed by atoms with E-state index in [1.807, 2.05) is 0 Å². The summed E-state index contributed by atoms with van der Waals surface area (Å²) in [5, 5.41) is 17.7. The third-order valence-corrected chi connectivity index (χ3v) is 8.22. The minimum absolute atomic E-state index is 0.0244. The van der Waals surface area contributed by atoms with E-state index in [2.05, 4.69) is 33.1 Å². The monoisotopic (exact) mass is 605 g/mol. The minimum Gasteiger partial charge on any atom is -0.317 e. The Morgan fingerprint density at radius 1 is 1.12 bits per heavy atom. The van der Waals surface area contributed by atoms with Crippen LogP contribution in [0, 0.1) is 17.2 Å². The molecule has 1 atom stereocenters. The fourth-order valence-corrected chi connectivity index (χ4v) is 6.24. The van der Waals surface area contributed by atoms with Crippen LogP contribution < -0.4 is 4.90 Å². The van der Waals surface area contributed by atoms with Crippen LogP contribution in [-0.4, -0.2) is 43.6 Å². The first kappa shape index (κ1) is 28.8. The second-order valence-corrected chi connectivity index (χ2v) is 11.6. The van der Waals surface area contributed by atoms with Gasteiger partial charge in [-0.05, 0) is 84.0 Å². The van der Waals surface area contributed by atoms with Crippen LogP contribution in [0.25, 0.3) is 22.5 Å². The van der Waals surface area contributed by atoms with Crippen molar-refractivity contribution >= 4 is 23.3 Å². The zero-order valence-electron chi connectivity index (χ0n) is 23.5. The Balaban J connectivity index is 1.40. The maximum absolute atomic E-state index is 14.3. The molecule has 0 spiro atoms. The first-order valence-electron chi connectivity index (χ1n) is 13.9. The van der Waals surface area contributed by atoms with Gasteiger partial charge in [0.25, 0.3) is 5.91 Å². The molecule has 0 N–H and O–H groups in total. The van der Waals surface area contributed by atoms with Crippen molar-refractivity contribution in [2.75, 3.05) is 18.0 Å². The number of likely N-dealkylation sites (tertiary alicyclic amines) is 1. The number of fused-ring (bicyclic) bond motifs is 1. The standard InChI is InChI=1S/C31H27ClF3N7O/c1-18-4-3-7-41(14-18)15-20-9-24-25(26(10-20)31(33,34)35)16-42(30(24)43)28-12-21(11-27(32)38-28)22-6-5-19(13-36)8-23(22)29-39-37-17-40(29)2/h5-6,8-12,17-18H,3-4,7,14-16H2,1-2H3/t18-/m0/s1. The summed E-state index contributed by atoms with van der Waals surface area (Å²) in [4.78, 5) is 21.4. The minimum atomic E-state index is -4.63. The van der Waals surface area contributed by atoms with E-state index in [4.69, 9.17) is 11.6 Å². The number of pyridine rings is 1. The van der Waals surface area contributed by atoms with Gasteiger partial charge in [0.2, 0.25) is 0 Å². The summed E-state index contributed by atoms with van der Waals surface area (Å²) in [7, 11) is 1.77. The van der Waals surface area contributed by atoms with Crippen LogP contribution in [0.4, 0.5) is 19.0 Å². The number of carbonyl (C=O) groups excluding carboxylic acids is 1. The molecule has 1 saturated heterocycles. The number of nitriles is 1. The quantitative estimate of drug-likeness (QED) is 0.242. The highest BCUT2D eigenvalue weighted by molar-refractivity contribution is 6.30. The van der Waals surface area contributed by atoms with Gasteiger partial charge in [0.05, 0.1) is 23.7 Å². The van der Waals surface area contributed by atoms with Crippen molar-refractivity contribution in [2.24, 2.45) is 13.0 Å². The van der Waals surface area contributed by atoms with Gasteiger partial charge in [-0.25, -0.2) is 4.98 Å². The number of nitrogens with zero attached hydrogens (tertiary/aromatic N) is 7. The van der Waals surface area contributed by atoms with E-state index in [1.165, 1.54) is 17.3 Å². The van der Waals surface area contributed by atoms with E-state index < -0.39 is 17.6 Å². The second kappa shape index (κ2) is 11.1. The topological polar surface area (TPSA) is 90.9 Å². The van der Waals surface area contributed by atoms with Gasteiger partial charge in [-0.3, -0.25) is 14.6 Å². The molecule has 4 heterocycles. The average Bonchev–Trinajstić information content (AvgIpc) is 3.54. The van der Waals surface area contributed by atoms with E-state index in [-0.39, 0.29) is 28.6 Å². The molecule has 43 heavy (non-hydrogen) atoms. The number of benzene rings is 2. The molecular formula is C31H27ClF3N7O. The van der Waals surface area contributed by atoms with Crippen molar-refractivity contribution < 1.29 is 18.0 Å². The van der Waals surface area contributed by atoms with Gasteiger partial charge in [-0.2, -0.15) is 18.4 Å². The summed E-state index contributed by atoms with van der Waals surface area (Å²) in [6, 6.07) is 13.1. The summed E-state index contributed by atoms with van der Waals surface area (Å²) < 4.78 is 44.7. The third kappa shape index (κ3) is 5.60. The molecule has 2 aliphatic heterocycles. The van der Waals surface area contributed by atoms with E-state index in [0.29, 0.717) is 46.1 Å². The molecule has 1 fully saturated rings. The van der Waals surface area contributed by atoms with E-state index in [0.717, 1.165) is 25.9 Å². The number of alkyl halides is 3. The molecule has 12 heteroatoms. The number of piperidine rings is 1. The molecule has 0 aliphatic carbocycles. The summed E-state index contributed by atoms with van der Waals surface area (Å²) >= 11 is 6.43. The molecule has 2 aromatic carbocycles. The Labute approximate surface area is 251 Å². The maximum Gasteiger partial charge on any atom is 0.416 e. The molecule has 0 unspecified atom stereocenters. The lowest BCUT2D eigenvalue weighted by Gasteiger charge is -2.31. The van der Waals surface area contributed by atoms with Crippen LogP contribution in [0.1, 0.15) is 52.4 Å². The first-order chi connectivity index (χ1) is 20.5. The first-order valence-corrected chi connectivity index (χ1v) is 14.2. The van der Waals surface area contributed by atoms with Crippen LogP contribution in [0.3, 0.4) is 0 Å². The highest BCUT2D eigenvalue weighted by Gasteiger charge is 2.41. The van der Waals surface area contributed by atoms with Crippen LogP contribution in [0.15, 0.2) is 48.8 Å². The number of amides is 1. The Kier molecular flexibility index (Phi) is 7.44. The van der Waals surface area contributed by atoms with E-state index in [9.17, 15) is 23.2 Å². The Hall–Kier alpha value is -4.27. The molecule has 0 saturated carbocycles. The van der Waals surface area contributed by atoms with Gasteiger partial charge in [-0.1, -0.05) is 24.6 Å². The zero-order chi connectivity index (χ0) is 30.5. The Morgan fingerprint density at radius 3 is 2.63 bits per heavy atom. The number of hydrogen-bond donors (Lipinski definition) is 0. The highest BCUT2D eigenvalue weighted by Crippen LogP contribution is 2.41. The molecule has 0 bridgehead atoms. The maximum atomic E-state index is 14.3.